The third-order valence-electron chi connectivity index (χ3n) is 8.92. The highest BCUT2D eigenvalue weighted by Gasteiger charge is 2.19. The van der Waals surface area contributed by atoms with Crippen LogP contribution in [-0.4, -0.2) is 37.2 Å². The van der Waals surface area contributed by atoms with Gasteiger partial charge in [-0.3, -0.25) is 14.4 Å². The van der Waals surface area contributed by atoms with Crippen LogP contribution in [0.2, 0.25) is 0 Å². The lowest BCUT2D eigenvalue weighted by Crippen LogP contribution is -2.30. The molecule has 0 aliphatic heterocycles. The van der Waals surface area contributed by atoms with Gasteiger partial charge in [0.1, 0.15) is 13.2 Å². The van der Waals surface area contributed by atoms with Crippen molar-refractivity contribution in [1.82, 2.24) is 0 Å². The predicted octanol–water partition coefficient (Wildman–Crippen LogP) is 15.5. The number of allylic oxidation sites excluding steroid dienone is 26. The van der Waals surface area contributed by atoms with Gasteiger partial charge in [-0.1, -0.05) is 192 Å². The van der Waals surface area contributed by atoms with Gasteiger partial charge in [-0.25, -0.2) is 0 Å². The molecule has 0 radical (unpaired) electrons. The number of ether oxygens (including phenoxy) is 3. The van der Waals surface area contributed by atoms with Gasteiger partial charge in [0, 0.05) is 19.3 Å². The van der Waals surface area contributed by atoms with Gasteiger partial charge < -0.3 is 14.2 Å². The minimum atomic E-state index is -0.840. The molecule has 0 saturated carbocycles. The molecule has 0 aromatic heterocycles. The van der Waals surface area contributed by atoms with Gasteiger partial charge in [0.25, 0.3) is 0 Å². The predicted molar refractivity (Wildman–Crippen MR) is 265 cm³/mol. The maximum Gasteiger partial charge on any atom is 0.306 e. The summed E-state index contributed by atoms with van der Waals surface area (Å²) in [5.74, 6) is -1.08. The Labute approximate surface area is 378 Å². The van der Waals surface area contributed by atoms with Crippen molar-refractivity contribution in [2.45, 2.75) is 162 Å². The molecule has 0 bridgehead atoms. The number of unbranched alkanes of at least 4 members (excludes halogenated alkanes) is 7. The average molecular weight is 851 g/mol. The van der Waals surface area contributed by atoms with E-state index in [9.17, 15) is 14.4 Å². The second kappa shape index (κ2) is 48.7. The van der Waals surface area contributed by atoms with Crippen LogP contribution in [0.5, 0.6) is 0 Å². The number of carbonyl (C=O) groups excluding carboxylic acids is 3. The minimum absolute atomic E-state index is 0.138. The van der Waals surface area contributed by atoms with Crippen LogP contribution in [-0.2, 0) is 28.6 Å². The molecule has 0 saturated heterocycles. The Hall–Kier alpha value is -4.97. The molecular formula is C56H82O6. The molecular weight excluding hydrogens is 769 g/mol. The van der Waals surface area contributed by atoms with Crippen molar-refractivity contribution in [3.05, 3.63) is 158 Å². The highest BCUT2D eigenvalue weighted by Crippen LogP contribution is 2.10. The molecule has 0 amide bonds. The van der Waals surface area contributed by atoms with Crippen LogP contribution in [0.15, 0.2) is 158 Å². The molecule has 62 heavy (non-hydrogen) atoms. The Morgan fingerprint density at radius 3 is 1.13 bits per heavy atom. The van der Waals surface area contributed by atoms with E-state index in [0.29, 0.717) is 19.3 Å². The van der Waals surface area contributed by atoms with Crippen LogP contribution < -0.4 is 0 Å². The first-order valence-electron chi connectivity index (χ1n) is 23.6. The van der Waals surface area contributed by atoms with E-state index in [2.05, 4.69) is 118 Å². The molecule has 0 spiro atoms. The summed E-state index contributed by atoms with van der Waals surface area (Å²) in [7, 11) is 0. The highest BCUT2D eigenvalue weighted by molar-refractivity contribution is 5.71. The summed E-state index contributed by atoms with van der Waals surface area (Å²) >= 11 is 0. The first kappa shape index (κ1) is 57.0. The topological polar surface area (TPSA) is 78.9 Å². The fourth-order valence-corrected chi connectivity index (χ4v) is 5.48. The van der Waals surface area contributed by atoms with E-state index in [1.807, 2.05) is 60.8 Å². The molecule has 0 aliphatic carbocycles. The van der Waals surface area contributed by atoms with Crippen molar-refractivity contribution < 1.29 is 28.6 Å². The second-order valence-electron chi connectivity index (χ2n) is 14.7. The zero-order valence-electron chi connectivity index (χ0n) is 38.8. The van der Waals surface area contributed by atoms with E-state index < -0.39 is 6.10 Å². The molecule has 0 rings (SSSR count). The molecule has 6 nitrogen and oxygen atoms in total. The number of carbonyl (C=O) groups is 3. The smallest absolute Gasteiger partial charge is 0.306 e. The minimum Gasteiger partial charge on any atom is -0.462 e. The third kappa shape index (κ3) is 46.1. The van der Waals surface area contributed by atoms with E-state index in [4.69, 9.17) is 14.2 Å². The Morgan fingerprint density at radius 2 is 0.677 bits per heavy atom. The van der Waals surface area contributed by atoms with Crippen LogP contribution in [0.25, 0.3) is 0 Å². The fourth-order valence-electron chi connectivity index (χ4n) is 5.48. The van der Waals surface area contributed by atoms with Crippen LogP contribution in [0.3, 0.4) is 0 Å². The SMILES string of the molecule is CC\C=C/C=C\C=C/C=C\C=C\C=C/CCCCCC(=O)OCC(COC(=O)CCC/C=C\C/C=C\C/C=C\CC)OC(=O)CCCCC/C=C\C/C=C\C/C=C\C/C=C\CC. The van der Waals surface area contributed by atoms with Crippen LogP contribution in [0.4, 0.5) is 0 Å². The van der Waals surface area contributed by atoms with Gasteiger partial charge in [-0.15, -0.1) is 0 Å². The molecule has 0 aliphatic rings. The van der Waals surface area contributed by atoms with Gasteiger partial charge in [-0.05, 0) is 103 Å². The van der Waals surface area contributed by atoms with Crippen molar-refractivity contribution in [2.75, 3.05) is 13.2 Å². The molecule has 0 aromatic rings. The van der Waals surface area contributed by atoms with Crippen LogP contribution in [0.1, 0.15) is 156 Å². The Morgan fingerprint density at radius 1 is 0.339 bits per heavy atom. The van der Waals surface area contributed by atoms with Crippen LogP contribution in [0, 0.1) is 0 Å². The zero-order chi connectivity index (χ0) is 45.1. The summed E-state index contributed by atoms with van der Waals surface area (Å²) in [4.78, 5) is 37.8. The molecule has 6 heteroatoms. The first-order chi connectivity index (χ1) is 30.5. The maximum atomic E-state index is 12.8. The van der Waals surface area contributed by atoms with E-state index in [0.717, 1.165) is 96.3 Å². The standard InChI is InChI=1S/C56H82O6/c1-4-7-10-13-16-19-22-24-26-28-30-31-34-37-40-43-46-49-55(58)61-52-53(51-60-54(57)48-45-42-39-36-33-21-18-15-12-9-6-3)62-56(59)50-47-44-41-38-35-32-29-27-25-23-20-17-14-11-8-5-2/h7-13,16-22,24-28,30-32,34-36,39,53H,4-6,14-15,23,29,33,37-38,40-52H2,1-3H3/b10-7-,11-8-,12-9-,16-13-,20-17-,21-18-,22-19-,26-24-,27-25-,30-28+,34-31-,35-32-,39-36-. The summed E-state index contributed by atoms with van der Waals surface area (Å²) in [6.07, 6.45) is 70.9. The third-order valence-corrected chi connectivity index (χ3v) is 8.92. The van der Waals surface area contributed by atoms with E-state index >= 15 is 0 Å². The second-order valence-corrected chi connectivity index (χ2v) is 14.7. The monoisotopic (exact) mass is 851 g/mol. The first-order valence-corrected chi connectivity index (χ1v) is 23.6. The lowest BCUT2D eigenvalue weighted by Gasteiger charge is -2.18. The van der Waals surface area contributed by atoms with E-state index in [-0.39, 0.29) is 50.4 Å². The summed E-state index contributed by atoms with van der Waals surface area (Å²) in [6, 6.07) is 0. The number of rotatable bonds is 39. The molecule has 342 valence electrons. The van der Waals surface area contributed by atoms with Gasteiger partial charge in [-0.2, -0.15) is 0 Å². The molecule has 0 aromatic carbocycles. The zero-order valence-corrected chi connectivity index (χ0v) is 38.8. The van der Waals surface area contributed by atoms with Crippen molar-refractivity contribution >= 4 is 17.9 Å². The lowest BCUT2D eigenvalue weighted by atomic mass is 10.1. The molecule has 0 fully saturated rings. The summed E-state index contributed by atoms with van der Waals surface area (Å²) in [6.45, 7) is 6.10. The van der Waals surface area contributed by atoms with Crippen molar-refractivity contribution in [1.29, 1.82) is 0 Å². The molecule has 1 atom stereocenters. The molecule has 0 N–H and O–H groups in total. The normalized spacial score (nSPS) is 13.5. The molecule has 0 heterocycles. The quantitative estimate of drug-likeness (QED) is 0.0202. The highest BCUT2D eigenvalue weighted by atomic mass is 16.6. The van der Waals surface area contributed by atoms with Gasteiger partial charge >= 0.3 is 17.9 Å². The Kier molecular flexibility index (Phi) is 44.8. The number of esters is 3. The van der Waals surface area contributed by atoms with Gasteiger partial charge in [0.05, 0.1) is 0 Å². The summed E-state index contributed by atoms with van der Waals surface area (Å²) in [5.41, 5.74) is 0. The van der Waals surface area contributed by atoms with Gasteiger partial charge in [0.15, 0.2) is 6.10 Å². The van der Waals surface area contributed by atoms with Gasteiger partial charge in [0.2, 0.25) is 0 Å². The number of hydrogen-bond acceptors (Lipinski definition) is 6. The molecule has 1 unspecified atom stereocenters. The lowest BCUT2D eigenvalue weighted by molar-refractivity contribution is -0.167. The van der Waals surface area contributed by atoms with Crippen molar-refractivity contribution in [2.24, 2.45) is 0 Å². The average Bonchev–Trinajstić information content (AvgIpc) is 3.27. The van der Waals surface area contributed by atoms with Crippen molar-refractivity contribution in [3.63, 3.8) is 0 Å². The fraction of sp³-hybridized carbons (Fsp3) is 0.482. The Balaban J connectivity index is 4.63. The summed E-state index contributed by atoms with van der Waals surface area (Å²) < 4.78 is 16.6. The Bertz CT molecular complexity index is 1490. The van der Waals surface area contributed by atoms with Crippen molar-refractivity contribution in [3.8, 4) is 0 Å². The largest absolute Gasteiger partial charge is 0.462 e. The van der Waals surface area contributed by atoms with E-state index in [1.54, 1.807) is 0 Å². The summed E-state index contributed by atoms with van der Waals surface area (Å²) in [5, 5.41) is 0. The maximum absolute atomic E-state index is 12.8. The number of hydrogen-bond donors (Lipinski definition) is 0. The van der Waals surface area contributed by atoms with Crippen LogP contribution >= 0.6 is 0 Å². The van der Waals surface area contributed by atoms with E-state index in [1.165, 1.54) is 0 Å².